The zero-order chi connectivity index (χ0) is 16.0. The Hall–Kier alpha value is -0.160. The highest BCUT2D eigenvalue weighted by molar-refractivity contribution is 4.75. The van der Waals surface area contributed by atoms with Gasteiger partial charge in [0.2, 0.25) is 0 Å². The standard InChI is InChI=1S/C19H40N4/c1(3-12-22-16-18-6-7-18)10-20-14-5-15-21-11-2-4-13-23-17-19-8-9-19/h18-23H,1-17H2. The molecule has 2 aliphatic rings. The van der Waals surface area contributed by atoms with Crippen LogP contribution in [0.1, 0.15) is 57.8 Å². The number of unbranched alkanes of at least 4 members (excludes halogenated alkanes) is 2. The van der Waals surface area contributed by atoms with Gasteiger partial charge in [-0.05, 0) is 122 Å². The predicted octanol–water partition coefficient (Wildman–Crippen LogP) is 2.12. The van der Waals surface area contributed by atoms with E-state index in [9.17, 15) is 0 Å². The number of hydrogen-bond donors (Lipinski definition) is 4. The van der Waals surface area contributed by atoms with Crippen LogP contribution in [0.3, 0.4) is 0 Å². The second-order valence-electron chi connectivity index (χ2n) is 7.56. The van der Waals surface area contributed by atoms with Crippen LogP contribution in [0.15, 0.2) is 0 Å². The topological polar surface area (TPSA) is 48.1 Å². The van der Waals surface area contributed by atoms with E-state index in [1.165, 1.54) is 97.1 Å². The van der Waals surface area contributed by atoms with E-state index < -0.39 is 0 Å². The molecule has 0 atom stereocenters. The summed E-state index contributed by atoms with van der Waals surface area (Å²) >= 11 is 0. The average Bonchev–Trinajstić information content (AvgIpc) is 3.45. The molecular formula is C19H40N4. The summed E-state index contributed by atoms with van der Waals surface area (Å²) in [7, 11) is 0. The van der Waals surface area contributed by atoms with Gasteiger partial charge in [-0.2, -0.15) is 0 Å². The summed E-state index contributed by atoms with van der Waals surface area (Å²) in [6, 6.07) is 0. The molecule has 2 rings (SSSR count). The second-order valence-corrected chi connectivity index (χ2v) is 7.56. The molecule has 2 aliphatic carbocycles. The zero-order valence-electron chi connectivity index (χ0n) is 15.2. The third-order valence-electron chi connectivity index (χ3n) is 4.88. The fraction of sp³-hybridized carbons (Fsp3) is 1.00. The summed E-state index contributed by atoms with van der Waals surface area (Å²) < 4.78 is 0. The molecule has 0 spiro atoms. The Morgan fingerprint density at radius 3 is 1.17 bits per heavy atom. The molecule has 0 aromatic heterocycles. The van der Waals surface area contributed by atoms with Crippen LogP contribution in [-0.2, 0) is 0 Å². The highest BCUT2D eigenvalue weighted by Crippen LogP contribution is 2.27. The van der Waals surface area contributed by atoms with Crippen LogP contribution in [0.5, 0.6) is 0 Å². The second kappa shape index (κ2) is 13.2. The predicted molar refractivity (Wildman–Crippen MR) is 100 cm³/mol. The fourth-order valence-corrected chi connectivity index (χ4v) is 2.84. The van der Waals surface area contributed by atoms with E-state index in [4.69, 9.17) is 0 Å². The van der Waals surface area contributed by atoms with E-state index in [-0.39, 0.29) is 0 Å². The summed E-state index contributed by atoms with van der Waals surface area (Å²) in [5.74, 6) is 2.03. The molecule has 136 valence electrons. The molecule has 0 amide bonds. The van der Waals surface area contributed by atoms with Gasteiger partial charge in [0, 0.05) is 0 Å². The molecule has 0 aromatic carbocycles. The summed E-state index contributed by atoms with van der Waals surface area (Å²) in [5.41, 5.74) is 0. The molecule has 0 aromatic rings. The van der Waals surface area contributed by atoms with Crippen molar-refractivity contribution in [2.24, 2.45) is 11.8 Å². The lowest BCUT2D eigenvalue weighted by Crippen LogP contribution is -2.25. The van der Waals surface area contributed by atoms with Crippen LogP contribution >= 0.6 is 0 Å². The summed E-state index contributed by atoms with van der Waals surface area (Å²) in [4.78, 5) is 0. The minimum Gasteiger partial charge on any atom is -0.317 e. The normalized spacial score (nSPS) is 17.7. The van der Waals surface area contributed by atoms with Crippen molar-refractivity contribution >= 4 is 0 Å². The molecular weight excluding hydrogens is 284 g/mol. The van der Waals surface area contributed by atoms with Crippen molar-refractivity contribution in [1.82, 2.24) is 21.3 Å². The summed E-state index contributed by atoms with van der Waals surface area (Å²) in [6.45, 7) is 9.60. The molecule has 2 fully saturated rings. The summed E-state index contributed by atoms with van der Waals surface area (Å²) in [5, 5.41) is 14.2. The zero-order valence-corrected chi connectivity index (χ0v) is 15.2. The minimum absolute atomic E-state index is 1.01. The average molecular weight is 325 g/mol. The first-order chi connectivity index (χ1) is 11.4. The lowest BCUT2D eigenvalue weighted by Gasteiger charge is -2.07. The van der Waals surface area contributed by atoms with Gasteiger partial charge < -0.3 is 21.3 Å². The smallest absolute Gasteiger partial charge is 0.00205 e. The first-order valence-electron chi connectivity index (χ1n) is 10.3. The first-order valence-corrected chi connectivity index (χ1v) is 10.3. The maximum atomic E-state index is 3.56. The van der Waals surface area contributed by atoms with E-state index in [1.807, 2.05) is 0 Å². The van der Waals surface area contributed by atoms with Crippen LogP contribution in [0.4, 0.5) is 0 Å². The lowest BCUT2D eigenvalue weighted by molar-refractivity contribution is 0.539. The quantitative estimate of drug-likeness (QED) is 0.292. The lowest BCUT2D eigenvalue weighted by atomic mass is 10.3. The molecule has 4 N–H and O–H groups in total. The van der Waals surface area contributed by atoms with Crippen LogP contribution in [-0.4, -0.2) is 52.4 Å². The van der Waals surface area contributed by atoms with Gasteiger partial charge >= 0.3 is 0 Å². The van der Waals surface area contributed by atoms with E-state index in [0.29, 0.717) is 0 Å². The Morgan fingerprint density at radius 2 is 0.783 bits per heavy atom. The Balaban J connectivity index is 1.15. The molecule has 0 radical (unpaired) electrons. The molecule has 0 aliphatic heterocycles. The Bertz CT molecular complexity index is 238. The van der Waals surface area contributed by atoms with Crippen molar-refractivity contribution in [1.29, 1.82) is 0 Å². The van der Waals surface area contributed by atoms with Gasteiger partial charge in [-0.3, -0.25) is 0 Å². The Kier molecular flexibility index (Phi) is 11.0. The SMILES string of the molecule is C(CCNCC1CC1)CNCCCNCCCCNCC1CC1. The van der Waals surface area contributed by atoms with Crippen LogP contribution in [0.2, 0.25) is 0 Å². The molecule has 0 saturated heterocycles. The molecule has 0 bridgehead atoms. The monoisotopic (exact) mass is 324 g/mol. The molecule has 0 unspecified atom stereocenters. The largest absolute Gasteiger partial charge is 0.317 e. The molecule has 0 heterocycles. The third-order valence-corrected chi connectivity index (χ3v) is 4.88. The number of nitrogens with one attached hydrogen (secondary N) is 4. The van der Waals surface area contributed by atoms with E-state index >= 15 is 0 Å². The van der Waals surface area contributed by atoms with Crippen LogP contribution in [0.25, 0.3) is 0 Å². The van der Waals surface area contributed by atoms with Crippen molar-refractivity contribution in [2.45, 2.75) is 57.8 Å². The van der Waals surface area contributed by atoms with Crippen LogP contribution in [0, 0.1) is 11.8 Å². The van der Waals surface area contributed by atoms with Gasteiger partial charge in [0.05, 0.1) is 0 Å². The molecule has 2 saturated carbocycles. The van der Waals surface area contributed by atoms with E-state index in [0.717, 1.165) is 24.9 Å². The highest BCUT2D eigenvalue weighted by Gasteiger charge is 2.20. The van der Waals surface area contributed by atoms with Crippen molar-refractivity contribution in [3.63, 3.8) is 0 Å². The van der Waals surface area contributed by atoms with Gasteiger partial charge in [-0.25, -0.2) is 0 Å². The maximum absolute atomic E-state index is 3.56. The van der Waals surface area contributed by atoms with Crippen molar-refractivity contribution in [3.8, 4) is 0 Å². The van der Waals surface area contributed by atoms with Crippen molar-refractivity contribution in [3.05, 3.63) is 0 Å². The minimum atomic E-state index is 1.01. The third kappa shape index (κ3) is 12.9. The van der Waals surface area contributed by atoms with Gasteiger partial charge in [0.1, 0.15) is 0 Å². The molecule has 4 nitrogen and oxygen atoms in total. The molecule has 23 heavy (non-hydrogen) atoms. The summed E-state index contributed by atoms with van der Waals surface area (Å²) in [6.07, 6.45) is 12.3. The Labute approximate surface area is 143 Å². The van der Waals surface area contributed by atoms with Crippen LogP contribution < -0.4 is 21.3 Å². The Morgan fingerprint density at radius 1 is 0.435 bits per heavy atom. The van der Waals surface area contributed by atoms with E-state index in [2.05, 4.69) is 21.3 Å². The number of rotatable bonds is 18. The van der Waals surface area contributed by atoms with Gasteiger partial charge in [-0.15, -0.1) is 0 Å². The highest BCUT2D eigenvalue weighted by atomic mass is 14.9. The van der Waals surface area contributed by atoms with Crippen molar-refractivity contribution < 1.29 is 0 Å². The fourth-order valence-electron chi connectivity index (χ4n) is 2.84. The van der Waals surface area contributed by atoms with Gasteiger partial charge in [-0.1, -0.05) is 0 Å². The number of hydrogen-bond acceptors (Lipinski definition) is 4. The first kappa shape index (κ1) is 19.2. The van der Waals surface area contributed by atoms with E-state index in [1.54, 1.807) is 0 Å². The van der Waals surface area contributed by atoms with Gasteiger partial charge in [0.25, 0.3) is 0 Å². The van der Waals surface area contributed by atoms with Crippen molar-refractivity contribution in [2.75, 3.05) is 52.4 Å². The van der Waals surface area contributed by atoms with Gasteiger partial charge in [0.15, 0.2) is 0 Å². The maximum Gasteiger partial charge on any atom is -0.00205 e. The molecule has 4 heteroatoms.